The Morgan fingerprint density at radius 1 is 0.860 bits per heavy atom. The molecule has 0 saturated carbocycles. The van der Waals surface area contributed by atoms with Gasteiger partial charge < -0.3 is 36.3 Å². The van der Waals surface area contributed by atoms with Crippen molar-refractivity contribution in [1.29, 1.82) is 0 Å². The molecule has 1 heterocycles. The molecule has 5 atom stereocenters. The lowest BCUT2D eigenvalue weighted by Crippen LogP contribution is -2.57. The third-order valence-electron chi connectivity index (χ3n) is 8.23. The van der Waals surface area contributed by atoms with Gasteiger partial charge in [0.25, 0.3) is 0 Å². The normalized spacial score (nSPS) is 18.0. The van der Waals surface area contributed by atoms with Crippen molar-refractivity contribution in [2.75, 3.05) is 13.1 Å². The number of aliphatic hydroxyl groups is 1. The van der Waals surface area contributed by atoms with Crippen LogP contribution in [0.25, 0.3) is 0 Å². The van der Waals surface area contributed by atoms with Crippen LogP contribution in [0.5, 0.6) is 0 Å². The van der Waals surface area contributed by atoms with Gasteiger partial charge in [0, 0.05) is 18.6 Å². The van der Waals surface area contributed by atoms with Crippen molar-refractivity contribution in [3.63, 3.8) is 0 Å². The molecule has 0 radical (unpaired) electrons. The number of ether oxygens (including phenoxy) is 2. The summed E-state index contributed by atoms with van der Waals surface area (Å²) in [6.07, 6.45) is -2.16. The van der Waals surface area contributed by atoms with Crippen LogP contribution in [-0.2, 0) is 43.5 Å². The number of aliphatic hydroxyl groups excluding tert-OH is 1. The first-order valence-corrected chi connectivity index (χ1v) is 16.9. The van der Waals surface area contributed by atoms with E-state index in [-0.39, 0.29) is 31.6 Å². The van der Waals surface area contributed by atoms with E-state index in [0.717, 1.165) is 16.7 Å². The summed E-state index contributed by atoms with van der Waals surface area (Å²) < 4.78 is 11.5. The van der Waals surface area contributed by atoms with Crippen LogP contribution in [0.15, 0.2) is 91.0 Å². The Balaban J connectivity index is 1.48. The summed E-state index contributed by atoms with van der Waals surface area (Å²) in [6.45, 7) is 6.48. The summed E-state index contributed by atoms with van der Waals surface area (Å²) >= 11 is 0. The van der Waals surface area contributed by atoms with Gasteiger partial charge >= 0.3 is 6.09 Å². The molecular formula is C38H49N5O7. The molecule has 0 aromatic heterocycles. The van der Waals surface area contributed by atoms with E-state index >= 15 is 0 Å². The number of nitrogens with one attached hydrogen (secondary N) is 3. The van der Waals surface area contributed by atoms with E-state index in [9.17, 15) is 24.3 Å². The first-order valence-electron chi connectivity index (χ1n) is 16.9. The summed E-state index contributed by atoms with van der Waals surface area (Å²) in [6, 6.07) is 25.3. The Morgan fingerprint density at radius 3 is 1.98 bits per heavy atom. The fourth-order valence-electron chi connectivity index (χ4n) is 5.82. The Kier molecular flexibility index (Phi) is 13.9. The molecule has 268 valence electrons. The Morgan fingerprint density at radius 2 is 1.42 bits per heavy atom. The number of hydrogen-bond acceptors (Lipinski definition) is 8. The van der Waals surface area contributed by atoms with E-state index in [1.165, 1.54) is 0 Å². The van der Waals surface area contributed by atoms with Gasteiger partial charge in [0.15, 0.2) is 0 Å². The molecular weight excluding hydrogens is 638 g/mol. The molecule has 50 heavy (non-hydrogen) atoms. The summed E-state index contributed by atoms with van der Waals surface area (Å²) in [5.41, 5.74) is 7.56. The molecule has 4 rings (SSSR count). The largest absolute Gasteiger partial charge is 0.445 e. The monoisotopic (exact) mass is 687 g/mol. The lowest BCUT2D eigenvalue weighted by Gasteiger charge is -2.32. The Hall–Kier alpha value is -4.78. The van der Waals surface area contributed by atoms with E-state index in [0.29, 0.717) is 19.6 Å². The van der Waals surface area contributed by atoms with Gasteiger partial charge in [-0.15, -0.1) is 0 Å². The second-order valence-electron chi connectivity index (χ2n) is 13.7. The van der Waals surface area contributed by atoms with E-state index < -0.39 is 54.1 Å². The van der Waals surface area contributed by atoms with Crippen molar-refractivity contribution in [3.8, 4) is 0 Å². The highest BCUT2D eigenvalue weighted by atomic mass is 16.5. The van der Waals surface area contributed by atoms with E-state index in [4.69, 9.17) is 15.2 Å². The smallest absolute Gasteiger partial charge is 0.408 e. The summed E-state index contributed by atoms with van der Waals surface area (Å²) in [7, 11) is 0. The summed E-state index contributed by atoms with van der Waals surface area (Å²) in [5, 5.41) is 20.1. The SMILES string of the molecule is CC(C)(C)NC(=O)[C@@H]1C[C@H](OCc2ccccc2)CN1C[C@@H](O)[C@H](Cc1ccccc1)NC(=O)[C@H](CC(N)=O)NC(=O)OCc1ccccc1. The van der Waals surface area contributed by atoms with Gasteiger partial charge in [-0.2, -0.15) is 0 Å². The maximum Gasteiger partial charge on any atom is 0.408 e. The lowest BCUT2D eigenvalue weighted by atomic mass is 9.99. The highest BCUT2D eigenvalue weighted by Gasteiger charge is 2.40. The first-order chi connectivity index (χ1) is 23.9. The fraction of sp³-hybridized carbons (Fsp3) is 0.421. The van der Waals surface area contributed by atoms with Crippen LogP contribution in [0.4, 0.5) is 4.79 Å². The molecule has 6 N–H and O–H groups in total. The standard InChI is InChI=1S/C38H49N5O7/c1-38(2,3)42-36(47)32-20-29(49-24-27-15-9-5-10-16-27)22-43(32)23-33(44)30(19-26-13-7-4-8-14-26)40-35(46)31(21-34(39)45)41-37(48)50-25-28-17-11-6-12-18-28/h4-18,29-33,44H,19-25H2,1-3H3,(H2,39,45)(H,40,46)(H,41,48)(H,42,47)/t29-,30-,31-,32-,33+/m0/s1. The maximum absolute atomic E-state index is 13.6. The van der Waals surface area contributed by atoms with Crippen molar-refractivity contribution in [2.24, 2.45) is 5.73 Å². The number of nitrogens with two attached hydrogens (primary N) is 1. The van der Waals surface area contributed by atoms with Crippen LogP contribution in [-0.4, -0.2) is 82.8 Å². The van der Waals surface area contributed by atoms with Gasteiger partial charge in [-0.05, 0) is 50.3 Å². The van der Waals surface area contributed by atoms with E-state index in [2.05, 4.69) is 16.0 Å². The van der Waals surface area contributed by atoms with Crippen molar-refractivity contribution in [2.45, 2.75) is 89.1 Å². The summed E-state index contributed by atoms with van der Waals surface area (Å²) in [4.78, 5) is 53.6. The van der Waals surface area contributed by atoms with Crippen molar-refractivity contribution < 1.29 is 33.8 Å². The van der Waals surface area contributed by atoms with E-state index in [1.807, 2.05) is 92.4 Å². The highest BCUT2D eigenvalue weighted by molar-refractivity contribution is 5.90. The number of rotatable bonds is 16. The average molecular weight is 688 g/mol. The van der Waals surface area contributed by atoms with Crippen LogP contribution in [0.1, 0.15) is 50.3 Å². The zero-order chi connectivity index (χ0) is 36.1. The van der Waals surface area contributed by atoms with E-state index in [1.54, 1.807) is 24.3 Å². The number of primary amides is 1. The minimum Gasteiger partial charge on any atom is -0.445 e. The molecule has 1 saturated heterocycles. The number of hydrogen-bond donors (Lipinski definition) is 5. The number of carbonyl (C=O) groups is 4. The number of amides is 4. The molecule has 12 heteroatoms. The predicted octanol–water partition coefficient (Wildman–Crippen LogP) is 2.82. The zero-order valence-corrected chi connectivity index (χ0v) is 28.9. The van der Waals surface area contributed by atoms with Crippen LogP contribution >= 0.6 is 0 Å². The Bertz CT molecular complexity index is 1540. The minimum atomic E-state index is -1.35. The molecule has 1 fully saturated rings. The average Bonchev–Trinajstić information content (AvgIpc) is 3.49. The highest BCUT2D eigenvalue weighted by Crippen LogP contribution is 2.24. The van der Waals surface area contributed by atoms with Crippen molar-refractivity contribution in [3.05, 3.63) is 108 Å². The maximum atomic E-state index is 13.6. The predicted molar refractivity (Wildman–Crippen MR) is 188 cm³/mol. The van der Waals surface area contributed by atoms with Crippen molar-refractivity contribution in [1.82, 2.24) is 20.9 Å². The molecule has 0 aliphatic carbocycles. The molecule has 4 amide bonds. The van der Waals surface area contributed by atoms with Gasteiger partial charge in [0.1, 0.15) is 12.6 Å². The Labute approximate surface area is 293 Å². The molecule has 3 aromatic rings. The summed E-state index contributed by atoms with van der Waals surface area (Å²) in [5.74, 6) is -1.70. The minimum absolute atomic E-state index is 0.0389. The second-order valence-corrected chi connectivity index (χ2v) is 13.7. The van der Waals surface area contributed by atoms with Crippen molar-refractivity contribution >= 4 is 23.8 Å². The second kappa shape index (κ2) is 18.3. The van der Waals surface area contributed by atoms with Gasteiger partial charge in [-0.25, -0.2) is 4.79 Å². The van der Waals surface area contributed by atoms with Gasteiger partial charge in [-0.1, -0.05) is 91.0 Å². The molecule has 12 nitrogen and oxygen atoms in total. The topological polar surface area (TPSA) is 172 Å². The number of nitrogens with zero attached hydrogens (tertiary/aromatic N) is 1. The molecule has 1 aliphatic rings. The third kappa shape index (κ3) is 12.6. The van der Waals surface area contributed by atoms with Gasteiger partial charge in [-0.3, -0.25) is 19.3 Å². The van der Waals surface area contributed by atoms with Crippen LogP contribution in [0.2, 0.25) is 0 Å². The number of β-amino-alcohol motifs (C(OH)–C–C–N with tert-alkyl or cyclic N) is 1. The number of likely N-dealkylation sites (tertiary alicyclic amines) is 1. The quantitative estimate of drug-likeness (QED) is 0.153. The molecule has 3 aromatic carbocycles. The fourth-order valence-corrected chi connectivity index (χ4v) is 5.82. The van der Waals surface area contributed by atoms with Crippen LogP contribution < -0.4 is 21.7 Å². The first kappa shape index (κ1) is 38.0. The van der Waals surface area contributed by atoms with Crippen LogP contribution in [0, 0.1) is 0 Å². The third-order valence-corrected chi connectivity index (χ3v) is 8.23. The lowest BCUT2D eigenvalue weighted by molar-refractivity contribution is -0.129. The number of alkyl carbamates (subject to hydrolysis) is 1. The van der Waals surface area contributed by atoms with Gasteiger partial charge in [0.05, 0.1) is 37.3 Å². The molecule has 0 unspecified atom stereocenters. The van der Waals surface area contributed by atoms with Crippen LogP contribution in [0.3, 0.4) is 0 Å². The zero-order valence-electron chi connectivity index (χ0n) is 28.9. The molecule has 0 spiro atoms. The van der Waals surface area contributed by atoms with Gasteiger partial charge in [0.2, 0.25) is 17.7 Å². The molecule has 1 aliphatic heterocycles. The number of benzene rings is 3. The molecule has 0 bridgehead atoms. The number of carbonyl (C=O) groups excluding carboxylic acids is 4.